The van der Waals surface area contributed by atoms with Crippen molar-refractivity contribution in [3.63, 3.8) is 0 Å². The van der Waals surface area contributed by atoms with Gasteiger partial charge in [0.2, 0.25) is 5.91 Å². The molecule has 0 radical (unpaired) electrons. The highest BCUT2D eigenvalue weighted by Crippen LogP contribution is 2.23. The molecule has 0 spiro atoms. The fraction of sp³-hybridized carbons (Fsp3) is 0.0714. The highest BCUT2D eigenvalue weighted by atomic mass is 32.1. The van der Waals surface area contributed by atoms with E-state index in [0.717, 1.165) is 17.0 Å². The van der Waals surface area contributed by atoms with Gasteiger partial charge in [-0.05, 0) is 41.8 Å². The molecule has 0 saturated carbocycles. The van der Waals surface area contributed by atoms with Crippen LogP contribution < -0.4 is 10.1 Å². The molecule has 0 aliphatic heterocycles. The molecule has 21 heavy (non-hydrogen) atoms. The van der Waals surface area contributed by atoms with Gasteiger partial charge in [-0.2, -0.15) is 0 Å². The molecular formula is C14H10F3NO2S. The van der Waals surface area contributed by atoms with Gasteiger partial charge in [0, 0.05) is 16.6 Å². The van der Waals surface area contributed by atoms with Crippen LogP contribution in [0.25, 0.3) is 6.08 Å². The van der Waals surface area contributed by atoms with E-state index in [2.05, 4.69) is 10.1 Å². The number of anilines is 1. The summed E-state index contributed by atoms with van der Waals surface area (Å²) in [6, 6.07) is 8.65. The van der Waals surface area contributed by atoms with Crippen LogP contribution in [-0.4, -0.2) is 12.3 Å². The number of ether oxygens (including phenoxy) is 1. The van der Waals surface area contributed by atoms with Gasteiger partial charge < -0.3 is 10.1 Å². The van der Waals surface area contributed by atoms with Gasteiger partial charge >= 0.3 is 6.36 Å². The van der Waals surface area contributed by atoms with Crippen molar-refractivity contribution >= 4 is 29.0 Å². The van der Waals surface area contributed by atoms with Crippen LogP contribution in [0.4, 0.5) is 18.9 Å². The lowest BCUT2D eigenvalue weighted by atomic mass is 10.3. The van der Waals surface area contributed by atoms with E-state index in [1.807, 2.05) is 17.5 Å². The number of hydrogen-bond donors (Lipinski definition) is 1. The third-order valence-electron chi connectivity index (χ3n) is 2.30. The van der Waals surface area contributed by atoms with Crippen LogP contribution in [0, 0.1) is 0 Å². The molecule has 0 aliphatic rings. The molecule has 7 heteroatoms. The fourth-order valence-electron chi connectivity index (χ4n) is 1.47. The summed E-state index contributed by atoms with van der Waals surface area (Å²) in [5, 5.41) is 4.42. The Balaban J connectivity index is 1.92. The van der Waals surface area contributed by atoms with Gasteiger partial charge in [0.15, 0.2) is 0 Å². The number of amides is 1. The normalized spacial score (nSPS) is 11.6. The molecule has 0 unspecified atom stereocenters. The zero-order chi connectivity index (χ0) is 15.3. The molecule has 1 aromatic heterocycles. The molecule has 0 fully saturated rings. The van der Waals surface area contributed by atoms with E-state index in [1.165, 1.54) is 29.5 Å². The molecule has 0 bridgehead atoms. The van der Waals surface area contributed by atoms with E-state index < -0.39 is 6.36 Å². The highest BCUT2D eigenvalue weighted by molar-refractivity contribution is 7.10. The number of halogens is 3. The van der Waals surface area contributed by atoms with Crippen LogP contribution in [-0.2, 0) is 4.79 Å². The van der Waals surface area contributed by atoms with Crippen LogP contribution in [0.1, 0.15) is 4.88 Å². The van der Waals surface area contributed by atoms with Gasteiger partial charge in [-0.25, -0.2) is 0 Å². The smallest absolute Gasteiger partial charge is 0.406 e. The van der Waals surface area contributed by atoms with E-state index in [4.69, 9.17) is 0 Å². The minimum Gasteiger partial charge on any atom is -0.406 e. The Kier molecular flexibility index (Phi) is 4.64. The largest absolute Gasteiger partial charge is 0.573 e. The molecule has 0 saturated heterocycles. The monoisotopic (exact) mass is 313 g/mol. The minimum atomic E-state index is -4.73. The zero-order valence-electron chi connectivity index (χ0n) is 10.6. The highest BCUT2D eigenvalue weighted by Gasteiger charge is 2.30. The van der Waals surface area contributed by atoms with Gasteiger partial charge in [-0.3, -0.25) is 4.79 Å². The topological polar surface area (TPSA) is 38.3 Å². The molecule has 1 aromatic carbocycles. The summed E-state index contributed by atoms with van der Waals surface area (Å²) in [6.07, 6.45) is -1.72. The molecule has 0 atom stereocenters. The molecule has 3 nitrogen and oxygen atoms in total. The van der Waals surface area contributed by atoms with Crippen molar-refractivity contribution in [1.29, 1.82) is 0 Å². The first-order chi connectivity index (χ1) is 9.92. The molecule has 2 aromatic rings. The first kappa shape index (κ1) is 15.1. The number of carbonyl (C=O) groups is 1. The molecule has 2 rings (SSSR count). The van der Waals surface area contributed by atoms with Crippen LogP contribution in [0.5, 0.6) is 5.75 Å². The minimum absolute atomic E-state index is 0.338. The second-order valence-corrected chi connectivity index (χ2v) is 4.89. The first-order valence-electron chi connectivity index (χ1n) is 5.81. The molecule has 1 N–H and O–H groups in total. The lowest BCUT2D eigenvalue weighted by Crippen LogP contribution is -2.17. The van der Waals surface area contributed by atoms with E-state index >= 15 is 0 Å². The van der Waals surface area contributed by atoms with E-state index in [-0.39, 0.29) is 11.7 Å². The number of rotatable bonds is 4. The summed E-state index contributed by atoms with van der Waals surface area (Å²) >= 11 is 1.49. The Hall–Kier alpha value is -2.28. The number of thiophene rings is 1. The van der Waals surface area contributed by atoms with Crippen LogP contribution in [0.15, 0.2) is 47.9 Å². The van der Waals surface area contributed by atoms with E-state index in [1.54, 1.807) is 6.08 Å². The Morgan fingerprint density at radius 3 is 2.48 bits per heavy atom. The zero-order valence-corrected chi connectivity index (χ0v) is 11.4. The quantitative estimate of drug-likeness (QED) is 0.855. The van der Waals surface area contributed by atoms with Crippen molar-refractivity contribution in [3.05, 3.63) is 52.7 Å². The van der Waals surface area contributed by atoms with Crippen LogP contribution in [0.2, 0.25) is 0 Å². The van der Waals surface area contributed by atoms with Crippen molar-refractivity contribution in [2.24, 2.45) is 0 Å². The predicted octanol–water partition coefficient (Wildman–Crippen LogP) is 4.30. The Labute approximate surface area is 122 Å². The fourth-order valence-corrected chi connectivity index (χ4v) is 2.09. The average Bonchev–Trinajstić information content (AvgIpc) is 2.90. The van der Waals surface area contributed by atoms with Gasteiger partial charge in [0.25, 0.3) is 0 Å². The van der Waals surface area contributed by atoms with Crippen molar-refractivity contribution < 1.29 is 22.7 Å². The molecule has 1 amide bonds. The number of nitrogens with one attached hydrogen (secondary N) is 1. The SMILES string of the molecule is O=C(/C=C/c1cccs1)Nc1ccc(OC(F)(F)F)cc1. The first-order valence-corrected chi connectivity index (χ1v) is 6.69. The third-order valence-corrected chi connectivity index (χ3v) is 3.14. The molecule has 0 aliphatic carbocycles. The van der Waals surface area contributed by atoms with E-state index in [9.17, 15) is 18.0 Å². The lowest BCUT2D eigenvalue weighted by Gasteiger charge is -2.09. The van der Waals surface area contributed by atoms with Gasteiger partial charge in [0.1, 0.15) is 5.75 Å². The maximum absolute atomic E-state index is 12.0. The van der Waals surface area contributed by atoms with Crippen LogP contribution in [0.3, 0.4) is 0 Å². The van der Waals surface area contributed by atoms with E-state index in [0.29, 0.717) is 5.69 Å². The number of alkyl halides is 3. The summed E-state index contributed by atoms with van der Waals surface area (Å²) in [7, 11) is 0. The van der Waals surface area contributed by atoms with Gasteiger partial charge in [-0.1, -0.05) is 6.07 Å². The molecule has 1 heterocycles. The Morgan fingerprint density at radius 1 is 1.19 bits per heavy atom. The van der Waals surface area contributed by atoms with Crippen molar-refractivity contribution in [3.8, 4) is 5.75 Å². The summed E-state index contributed by atoms with van der Waals surface area (Å²) in [5.74, 6) is -0.706. The Morgan fingerprint density at radius 2 is 1.90 bits per heavy atom. The maximum atomic E-state index is 12.0. The summed E-state index contributed by atoms with van der Waals surface area (Å²) in [4.78, 5) is 12.5. The lowest BCUT2D eigenvalue weighted by molar-refractivity contribution is -0.274. The third kappa shape index (κ3) is 5.31. The second kappa shape index (κ2) is 6.45. The standard InChI is InChI=1S/C14H10F3NO2S/c15-14(16,17)20-11-5-3-10(4-6-11)18-13(19)8-7-12-2-1-9-21-12/h1-9H,(H,18,19)/b8-7+. The van der Waals surface area contributed by atoms with Gasteiger partial charge in [0.05, 0.1) is 0 Å². The maximum Gasteiger partial charge on any atom is 0.573 e. The number of carbonyl (C=O) groups excluding carboxylic acids is 1. The average molecular weight is 313 g/mol. The number of benzene rings is 1. The second-order valence-electron chi connectivity index (χ2n) is 3.91. The molecule has 110 valence electrons. The predicted molar refractivity (Wildman–Crippen MR) is 75.1 cm³/mol. The molecular weight excluding hydrogens is 303 g/mol. The number of hydrogen-bond acceptors (Lipinski definition) is 3. The van der Waals surface area contributed by atoms with Crippen molar-refractivity contribution in [2.75, 3.05) is 5.32 Å². The summed E-state index contributed by atoms with van der Waals surface area (Å²) in [5.41, 5.74) is 0.380. The van der Waals surface area contributed by atoms with Crippen molar-refractivity contribution in [2.45, 2.75) is 6.36 Å². The summed E-state index contributed by atoms with van der Waals surface area (Å²) in [6.45, 7) is 0. The van der Waals surface area contributed by atoms with Crippen LogP contribution >= 0.6 is 11.3 Å². The van der Waals surface area contributed by atoms with Crippen molar-refractivity contribution in [1.82, 2.24) is 0 Å². The van der Waals surface area contributed by atoms with Gasteiger partial charge in [-0.15, -0.1) is 24.5 Å². The summed E-state index contributed by atoms with van der Waals surface area (Å²) < 4.78 is 39.7. The Bertz CT molecular complexity index is 619.